The van der Waals surface area contributed by atoms with E-state index in [0.29, 0.717) is 18.5 Å². The van der Waals surface area contributed by atoms with Gasteiger partial charge in [0.15, 0.2) is 0 Å². The molecule has 1 saturated carbocycles. The van der Waals surface area contributed by atoms with E-state index in [1.807, 2.05) is 12.3 Å². The molecule has 3 heteroatoms. The Morgan fingerprint density at radius 1 is 1.30 bits per heavy atom. The topological polar surface area (TPSA) is 42.1 Å². The van der Waals surface area contributed by atoms with Gasteiger partial charge < -0.3 is 10.6 Å². The average molecular weight is 269 g/mol. The van der Waals surface area contributed by atoms with E-state index >= 15 is 0 Å². The average Bonchev–Trinajstić information content (AvgIpc) is 3.28. The van der Waals surface area contributed by atoms with E-state index < -0.39 is 0 Å². The molecule has 1 heterocycles. The second-order valence-electron chi connectivity index (χ2n) is 6.13. The Hall–Kier alpha value is -1.61. The third-order valence-corrected chi connectivity index (χ3v) is 3.88. The van der Waals surface area contributed by atoms with Crippen molar-refractivity contribution in [1.29, 1.82) is 0 Å². The number of hydrogen-bond donors (Lipinski definition) is 1. The zero-order chi connectivity index (χ0) is 14.1. The molecule has 0 unspecified atom stereocenters. The molecule has 0 spiro atoms. The molecule has 3 rings (SSSR count). The molecule has 106 valence electrons. The quantitative estimate of drug-likeness (QED) is 0.905. The number of benzene rings is 1. The van der Waals surface area contributed by atoms with Crippen LogP contribution in [0.25, 0.3) is 10.9 Å². The van der Waals surface area contributed by atoms with Crippen molar-refractivity contribution < 1.29 is 0 Å². The van der Waals surface area contributed by atoms with E-state index in [-0.39, 0.29) is 0 Å². The van der Waals surface area contributed by atoms with E-state index in [2.05, 4.69) is 41.9 Å². The van der Waals surface area contributed by atoms with Crippen molar-refractivity contribution in [3.05, 3.63) is 36.0 Å². The molecule has 2 N–H and O–H groups in total. The number of aromatic nitrogens is 1. The maximum absolute atomic E-state index is 5.96. The Bertz CT molecular complexity index is 602. The first-order valence-electron chi connectivity index (χ1n) is 7.54. The van der Waals surface area contributed by atoms with Crippen LogP contribution in [0.15, 0.2) is 30.5 Å². The Morgan fingerprint density at radius 3 is 2.70 bits per heavy atom. The van der Waals surface area contributed by atoms with E-state index in [1.54, 1.807) is 0 Å². The lowest BCUT2D eigenvalue weighted by molar-refractivity contribution is 0.607. The van der Waals surface area contributed by atoms with Crippen LogP contribution in [-0.4, -0.2) is 17.6 Å². The van der Waals surface area contributed by atoms with Crippen LogP contribution in [0.3, 0.4) is 0 Å². The molecule has 1 fully saturated rings. The molecule has 1 aromatic heterocycles. The van der Waals surface area contributed by atoms with Crippen molar-refractivity contribution in [2.75, 3.05) is 11.4 Å². The summed E-state index contributed by atoms with van der Waals surface area (Å²) in [6.07, 6.45) is 4.55. The van der Waals surface area contributed by atoms with Crippen molar-refractivity contribution in [2.45, 2.75) is 39.3 Å². The molecule has 0 bridgehead atoms. The molecular weight excluding hydrogens is 246 g/mol. The fourth-order valence-corrected chi connectivity index (χ4v) is 2.86. The van der Waals surface area contributed by atoms with Gasteiger partial charge in [-0.15, -0.1) is 0 Å². The summed E-state index contributed by atoms with van der Waals surface area (Å²) in [5.41, 5.74) is 9.51. The molecule has 1 aromatic carbocycles. The molecule has 0 radical (unpaired) electrons. The second-order valence-corrected chi connectivity index (χ2v) is 6.13. The van der Waals surface area contributed by atoms with Crippen molar-refractivity contribution in [3.8, 4) is 0 Å². The monoisotopic (exact) mass is 269 g/mol. The maximum atomic E-state index is 5.96. The third kappa shape index (κ3) is 2.50. The van der Waals surface area contributed by atoms with Crippen LogP contribution in [0.5, 0.6) is 0 Å². The zero-order valence-corrected chi connectivity index (χ0v) is 12.3. The predicted molar refractivity (Wildman–Crippen MR) is 84.8 cm³/mol. The number of hydrogen-bond acceptors (Lipinski definition) is 3. The van der Waals surface area contributed by atoms with Crippen LogP contribution in [0.2, 0.25) is 0 Å². The molecule has 20 heavy (non-hydrogen) atoms. The smallest absolute Gasteiger partial charge is 0.0723 e. The lowest BCUT2D eigenvalue weighted by Gasteiger charge is -2.29. The number of fused-ring (bicyclic) bond motifs is 1. The molecule has 1 aliphatic rings. The van der Waals surface area contributed by atoms with Gasteiger partial charge in [-0.25, -0.2) is 0 Å². The lowest BCUT2D eigenvalue weighted by atomic mass is 10.1. The van der Waals surface area contributed by atoms with Gasteiger partial charge in [-0.3, -0.25) is 4.98 Å². The molecule has 2 aromatic rings. The summed E-state index contributed by atoms with van der Waals surface area (Å²) < 4.78 is 0. The summed E-state index contributed by atoms with van der Waals surface area (Å²) in [5, 5.41) is 1.24. The highest BCUT2D eigenvalue weighted by Crippen LogP contribution is 2.38. The van der Waals surface area contributed by atoms with E-state index in [4.69, 9.17) is 5.73 Å². The van der Waals surface area contributed by atoms with Gasteiger partial charge in [0.25, 0.3) is 0 Å². The largest absolute Gasteiger partial charge is 0.367 e. The summed E-state index contributed by atoms with van der Waals surface area (Å²) in [6.45, 7) is 6.20. The molecule has 0 saturated heterocycles. The summed E-state index contributed by atoms with van der Waals surface area (Å²) >= 11 is 0. The highest BCUT2D eigenvalue weighted by atomic mass is 15.2. The minimum Gasteiger partial charge on any atom is -0.367 e. The molecular formula is C17H23N3. The first-order valence-corrected chi connectivity index (χ1v) is 7.54. The van der Waals surface area contributed by atoms with E-state index in [1.165, 1.54) is 23.9 Å². The van der Waals surface area contributed by atoms with Gasteiger partial charge in [-0.2, -0.15) is 0 Å². The van der Waals surface area contributed by atoms with Gasteiger partial charge >= 0.3 is 0 Å². The summed E-state index contributed by atoms with van der Waals surface area (Å²) in [6, 6.07) is 9.08. The number of anilines is 1. The van der Waals surface area contributed by atoms with Crippen molar-refractivity contribution in [2.24, 2.45) is 11.7 Å². The fraction of sp³-hybridized carbons (Fsp3) is 0.471. The molecule has 0 atom stereocenters. The highest BCUT2D eigenvalue weighted by Gasteiger charge is 2.31. The van der Waals surface area contributed by atoms with Crippen molar-refractivity contribution in [1.82, 2.24) is 4.98 Å². The number of rotatable bonds is 5. The number of pyridine rings is 1. The predicted octanol–water partition coefficient (Wildman–Crippen LogP) is 3.32. The Balaban J connectivity index is 2.15. The van der Waals surface area contributed by atoms with Crippen molar-refractivity contribution >= 4 is 16.6 Å². The molecule has 1 aliphatic carbocycles. The Kier molecular flexibility index (Phi) is 3.62. The maximum Gasteiger partial charge on any atom is 0.0723 e. The van der Waals surface area contributed by atoms with Crippen LogP contribution in [0.1, 0.15) is 32.3 Å². The van der Waals surface area contributed by atoms with Crippen LogP contribution in [-0.2, 0) is 6.54 Å². The number of nitrogens with two attached hydrogens (primary N) is 1. The summed E-state index contributed by atoms with van der Waals surface area (Å²) in [5.74, 6) is 0.646. The molecule has 0 amide bonds. The van der Waals surface area contributed by atoms with Crippen LogP contribution in [0.4, 0.5) is 5.69 Å². The fourth-order valence-electron chi connectivity index (χ4n) is 2.86. The summed E-state index contributed by atoms with van der Waals surface area (Å²) in [4.78, 5) is 7.11. The van der Waals surface area contributed by atoms with Crippen LogP contribution in [0, 0.1) is 5.92 Å². The van der Waals surface area contributed by atoms with Crippen LogP contribution < -0.4 is 10.6 Å². The first-order chi connectivity index (χ1) is 9.70. The third-order valence-electron chi connectivity index (χ3n) is 3.88. The van der Waals surface area contributed by atoms with Crippen LogP contribution >= 0.6 is 0 Å². The summed E-state index contributed by atoms with van der Waals surface area (Å²) in [7, 11) is 0. The second kappa shape index (κ2) is 5.41. The standard InChI is InChI=1S/C17H23N3/c1-12(2)11-20(14-7-8-14)17-13(9-18)10-19-16-6-4-3-5-15(16)17/h3-6,10,12,14H,7-9,11,18H2,1-2H3. The Morgan fingerprint density at radius 2 is 2.05 bits per heavy atom. The Labute approximate surface area is 120 Å². The van der Waals surface area contributed by atoms with E-state index in [0.717, 1.165) is 17.6 Å². The molecule has 0 aliphatic heterocycles. The van der Waals surface area contributed by atoms with Gasteiger partial charge in [-0.1, -0.05) is 32.0 Å². The van der Waals surface area contributed by atoms with Gasteiger partial charge in [0.2, 0.25) is 0 Å². The van der Waals surface area contributed by atoms with Gasteiger partial charge in [0.05, 0.1) is 11.2 Å². The van der Waals surface area contributed by atoms with Gasteiger partial charge in [-0.05, 0) is 24.8 Å². The minimum atomic E-state index is 0.550. The lowest BCUT2D eigenvalue weighted by Crippen LogP contribution is -2.31. The van der Waals surface area contributed by atoms with Gasteiger partial charge in [0, 0.05) is 36.3 Å². The minimum absolute atomic E-state index is 0.550. The normalized spacial score (nSPS) is 15.0. The van der Waals surface area contributed by atoms with Gasteiger partial charge in [0.1, 0.15) is 0 Å². The van der Waals surface area contributed by atoms with E-state index in [9.17, 15) is 0 Å². The number of nitrogens with zero attached hydrogens (tertiary/aromatic N) is 2. The highest BCUT2D eigenvalue weighted by molar-refractivity contribution is 5.93. The van der Waals surface area contributed by atoms with Crippen molar-refractivity contribution in [3.63, 3.8) is 0 Å². The number of para-hydroxylation sites is 1. The first kappa shape index (κ1) is 13.4. The zero-order valence-electron chi connectivity index (χ0n) is 12.3. The SMILES string of the molecule is CC(C)CN(c1c(CN)cnc2ccccc12)C1CC1. The molecule has 3 nitrogen and oxygen atoms in total.